The van der Waals surface area contributed by atoms with E-state index >= 15 is 0 Å². The molecule has 1 aromatic heterocycles. The Morgan fingerprint density at radius 3 is 1.82 bits per heavy atom. The molecule has 0 amide bonds. The first-order valence-corrected chi connectivity index (χ1v) is 23.1. The number of nitrogens with zero attached hydrogens (tertiary/aromatic N) is 1. The van der Waals surface area contributed by atoms with Gasteiger partial charge in [-0.05, 0) is 149 Å². The average Bonchev–Trinajstić information content (AvgIpc) is 4.08. The highest BCUT2D eigenvalue weighted by atomic mass is 32.1. The molecule has 1 nitrogen and oxygen atoms in total. The van der Waals surface area contributed by atoms with Gasteiger partial charge in [-0.15, -0.1) is 11.3 Å². The van der Waals surface area contributed by atoms with Gasteiger partial charge in [-0.25, -0.2) is 0 Å². The Labute approximate surface area is 342 Å². The fourth-order valence-corrected chi connectivity index (χ4v) is 15.2. The molecule has 2 bridgehead atoms. The Balaban J connectivity index is 1.09. The number of rotatable bonds is 6. The Morgan fingerprint density at radius 1 is 0.526 bits per heavy atom. The molecule has 2 spiro atoms. The Kier molecular flexibility index (Phi) is 7.64. The first-order valence-electron chi connectivity index (χ1n) is 22.3. The van der Waals surface area contributed by atoms with Crippen LogP contribution < -0.4 is 4.90 Å². The highest BCUT2D eigenvalue weighted by molar-refractivity contribution is 7.25. The standard InChI is InChI=1S/C55H53NS/c1-4-34-27-36(5-2)55(37(6-3)28-34)49-17-11-8-14-43(49)45-25-22-40(31-51(45)55)56(41-23-26-47-46-15-9-12-18-52(46)57-53(47)32-41)39-21-24-44-42-13-7-10-16-48(42)54(50(44)30-39)33-35-19-20-38(54)29-35/h7-18,21-26,30-32,34-38H,4-6,19-20,27-29,33H2,1-3H3. The predicted molar refractivity (Wildman–Crippen MR) is 242 cm³/mol. The summed E-state index contributed by atoms with van der Waals surface area (Å²) in [5, 5.41) is 2.72. The number of anilines is 3. The smallest absolute Gasteiger partial charge is 0.0476 e. The third-order valence-electron chi connectivity index (χ3n) is 16.4. The molecule has 0 N–H and O–H groups in total. The van der Waals surface area contributed by atoms with Gasteiger partial charge in [0, 0.05) is 48.1 Å². The van der Waals surface area contributed by atoms with Crippen molar-refractivity contribution in [2.45, 2.75) is 89.4 Å². The fourth-order valence-electron chi connectivity index (χ4n) is 14.1. The largest absolute Gasteiger partial charge is 0.310 e. The molecule has 5 aliphatic rings. The van der Waals surface area contributed by atoms with E-state index in [1.807, 2.05) is 11.3 Å². The van der Waals surface area contributed by atoms with Crippen molar-refractivity contribution in [1.29, 1.82) is 0 Å². The number of thiophene rings is 1. The van der Waals surface area contributed by atoms with Crippen molar-refractivity contribution in [3.63, 3.8) is 0 Å². The van der Waals surface area contributed by atoms with Gasteiger partial charge in [0.25, 0.3) is 0 Å². The van der Waals surface area contributed by atoms with Gasteiger partial charge in [-0.1, -0.05) is 131 Å². The Hall–Kier alpha value is -4.66. The van der Waals surface area contributed by atoms with Crippen LogP contribution in [-0.2, 0) is 10.8 Å². The van der Waals surface area contributed by atoms with Crippen molar-refractivity contribution >= 4 is 48.6 Å². The number of fused-ring (bicyclic) bond motifs is 16. The zero-order valence-electron chi connectivity index (χ0n) is 33.7. The summed E-state index contributed by atoms with van der Waals surface area (Å²) in [5.41, 5.74) is 16.2. The van der Waals surface area contributed by atoms with Crippen molar-refractivity contribution in [2.24, 2.45) is 29.6 Å². The lowest BCUT2D eigenvalue weighted by atomic mass is 9.52. The molecule has 7 aromatic rings. The van der Waals surface area contributed by atoms with E-state index in [2.05, 4.69) is 153 Å². The summed E-state index contributed by atoms with van der Waals surface area (Å²) in [7, 11) is 0. The van der Waals surface area contributed by atoms with E-state index in [9.17, 15) is 0 Å². The van der Waals surface area contributed by atoms with Crippen LogP contribution in [0.1, 0.15) is 101 Å². The normalized spacial score (nSPS) is 27.7. The minimum absolute atomic E-state index is 0.0327. The van der Waals surface area contributed by atoms with Crippen LogP contribution in [0.2, 0.25) is 0 Å². The highest BCUT2D eigenvalue weighted by Gasteiger charge is 2.57. The second kappa shape index (κ2) is 12.7. The topological polar surface area (TPSA) is 3.24 Å². The first kappa shape index (κ1) is 34.4. The predicted octanol–water partition coefficient (Wildman–Crippen LogP) is 15.7. The number of hydrogen-bond donors (Lipinski definition) is 0. The number of hydrogen-bond acceptors (Lipinski definition) is 2. The van der Waals surface area contributed by atoms with E-state index in [4.69, 9.17) is 0 Å². The van der Waals surface area contributed by atoms with Crippen LogP contribution in [0.5, 0.6) is 0 Å². The summed E-state index contributed by atoms with van der Waals surface area (Å²) in [5.74, 6) is 3.64. The third kappa shape index (κ3) is 4.57. The molecule has 6 aromatic carbocycles. The molecule has 57 heavy (non-hydrogen) atoms. The molecule has 5 aliphatic carbocycles. The van der Waals surface area contributed by atoms with Gasteiger partial charge in [0.15, 0.2) is 0 Å². The highest BCUT2D eigenvalue weighted by Crippen LogP contribution is 2.67. The summed E-state index contributed by atoms with van der Waals surface area (Å²) < 4.78 is 2.72. The molecular formula is C55H53NS. The second-order valence-corrected chi connectivity index (χ2v) is 19.6. The SMILES string of the molecule is CCC1CC(CC)C2(c3ccccc3-c3ccc(N(c4ccc5c(c4)C4(CC6CCC4C6)c4ccccc4-5)c4ccc5c(c4)sc4ccccc45)cc32)C(CC)C1. The van der Waals surface area contributed by atoms with Crippen LogP contribution in [0.15, 0.2) is 127 Å². The van der Waals surface area contributed by atoms with Crippen molar-refractivity contribution < 1.29 is 0 Å². The van der Waals surface area contributed by atoms with Crippen molar-refractivity contribution in [3.05, 3.63) is 150 Å². The molecule has 0 radical (unpaired) electrons. The van der Waals surface area contributed by atoms with E-state index < -0.39 is 0 Å². The molecule has 3 saturated carbocycles. The zero-order chi connectivity index (χ0) is 38.0. The molecule has 3 fully saturated rings. The van der Waals surface area contributed by atoms with Crippen molar-refractivity contribution in [2.75, 3.05) is 4.90 Å². The summed E-state index contributed by atoms with van der Waals surface area (Å²) >= 11 is 1.93. The fraction of sp³-hybridized carbons (Fsp3) is 0.345. The molecule has 5 unspecified atom stereocenters. The maximum absolute atomic E-state index is 2.68. The van der Waals surface area contributed by atoms with E-state index in [1.165, 1.54) is 117 Å². The third-order valence-corrected chi connectivity index (χ3v) is 17.5. The number of benzene rings is 6. The molecule has 284 valence electrons. The molecule has 12 rings (SSSR count). The van der Waals surface area contributed by atoms with E-state index in [1.54, 1.807) is 22.3 Å². The Morgan fingerprint density at radius 2 is 1.12 bits per heavy atom. The van der Waals surface area contributed by atoms with Crippen LogP contribution >= 0.6 is 11.3 Å². The maximum Gasteiger partial charge on any atom is 0.0476 e. The summed E-state index contributed by atoms with van der Waals surface area (Å²) in [6, 6.07) is 50.4. The van der Waals surface area contributed by atoms with Crippen LogP contribution in [0, 0.1) is 29.6 Å². The van der Waals surface area contributed by atoms with Gasteiger partial charge >= 0.3 is 0 Å². The lowest BCUT2D eigenvalue weighted by Gasteiger charge is -2.51. The van der Waals surface area contributed by atoms with Gasteiger partial charge in [0.2, 0.25) is 0 Å². The van der Waals surface area contributed by atoms with E-state index in [0.29, 0.717) is 11.8 Å². The molecule has 2 heteroatoms. The van der Waals surface area contributed by atoms with Gasteiger partial charge in [-0.2, -0.15) is 0 Å². The van der Waals surface area contributed by atoms with Gasteiger partial charge in [0.1, 0.15) is 0 Å². The molecular weight excluding hydrogens is 707 g/mol. The minimum Gasteiger partial charge on any atom is -0.310 e. The summed E-state index contributed by atoms with van der Waals surface area (Å²) in [4.78, 5) is 2.64. The van der Waals surface area contributed by atoms with E-state index in [0.717, 1.165) is 17.8 Å². The maximum atomic E-state index is 2.68. The summed E-state index contributed by atoms with van der Waals surface area (Å²) in [6.45, 7) is 7.38. The molecule has 5 atom stereocenters. The van der Waals surface area contributed by atoms with Crippen LogP contribution in [-0.4, -0.2) is 0 Å². The monoisotopic (exact) mass is 759 g/mol. The summed E-state index contributed by atoms with van der Waals surface area (Å²) in [6.07, 6.45) is 11.8. The van der Waals surface area contributed by atoms with Crippen LogP contribution in [0.4, 0.5) is 17.1 Å². The zero-order valence-corrected chi connectivity index (χ0v) is 34.5. The lowest BCUT2D eigenvalue weighted by Crippen LogP contribution is -2.47. The van der Waals surface area contributed by atoms with Crippen molar-refractivity contribution in [3.8, 4) is 22.3 Å². The van der Waals surface area contributed by atoms with Gasteiger partial charge in [-0.3, -0.25) is 0 Å². The average molecular weight is 760 g/mol. The van der Waals surface area contributed by atoms with Crippen molar-refractivity contribution in [1.82, 2.24) is 0 Å². The lowest BCUT2D eigenvalue weighted by molar-refractivity contribution is 0.0905. The molecule has 0 aliphatic heterocycles. The van der Waals surface area contributed by atoms with E-state index in [-0.39, 0.29) is 10.8 Å². The second-order valence-electron chi connectivity index (χ2n) is 18.5. The molecule has 1 heterocycles. The quantitative estimate of drug-likeness (QED) is 0.163. The van der Waals surface area contributed by atoms with Crippen LogP contribution in [0.25, 0.3) is 42.4 Å². The van der Waals surface area contributed by atoms with Gasteiger partial charge < -0.3 is 4.90 Å². The first-order chi connectivity index (χ1) is 28.1. The van der Waals surface area contributed by atoms with Gasteiger partial charge in [0.05, 0.1) is 0 Å². The van der Waals surface area contributed by atoms with Crippen LogP contribution in [0.3, 0.4) is 0 Å². The molecule has 0 saturated heterocycles. The minimum atomic E-state index is 0.0327. The Bertz CT molecular complexity index is 2720.